The molecule has 3 saturated heterocycles. The molecular weight excluding hydrogens is 572 g/mol. The highest BCUT2D eigenvalue weighted by Crippen LogP contribution is 2.31. The minimum absolute atomic E-state index is 0.0208. The molecule has 3 fully saturated rings. The van der Waals surface area contributed by atoms with E-state index in [1.807, 2.05) is 0 Å². The number of aliphatic carboxylic acids is 1. The molecule has 19 heteroatoms. The van der Waals surface area contributed by atoms with E-state index >= 15 is 0 Å². The molecule has 7 unspecified atom stereocenters. The van der Waals surface area contributed by atoms with Crippen molar-refractivity contribution in [2.24, 2.45) is 28.9 Å². The van der Waals surface area contributed by atoms with Crippen molar-refractivity contribution >= 4 is 5.97 Å². The van der Waals surface area contributed by atoms with Gasteiger partial charge in [0.2, 0.25) is 0 Å². The van der Waals surface area contributed by atoms with Gasteiger partial charge in [-0.2, -0.15) is 0 Å². The number of carboxylic acid groups (broad SMARTS) is 1. The Morgan fingerprint density at radius 2 is 1.10 bits per heavy atom. The molecule has 3 aliphatic rings. The van der Waals surface area contributed by atoms with E-state index in [1.165, 1.54) is 0 Å². The number of carbonyl (C=O) groups is 1. The molecule has 0 aromatic heterocycles. The first-order chi connectivity index (χ1) is 19.6. The number of rotatable bonds is 9. The molecule has 0 bridgehead atoms. The van der Waals surface area contributed by atoms with Crippen molar-refractivity contribution in [2.45, 2.75) is 112 Å². The fourth-order valence-electron chi connectivity index (χ4n) is 4.47. The van der Waals surface area contributed by atoms with Crippen LogP contribution in [0.1, 0.15) is 13.8 Å². The summed E-state index contributed by atoms with van der Waals surface area (Å²) in [6.07, 6.45) is -16.8. The van der Waals surface area contributed by atoms with Crippen molar-refractivity contribution in [2.75, 3.05) is 19.8 Å². The minimum atomic E-state index is -1.56. The molecule has 0 amide bonds. The Labute approximate surface area is 241 Å². The van der Waals surface area contributed by atoms with Gasteiger partial charge in [-0.3, -0.25) is 4.79 Å². The van der Waals surface area contributed by atoms with Crippen molar-refractivity contribution in [3.63, 3.8) is 0 Å². The molecule has 16 atom stereocenters. The largest absolute Gasteiger partial charge is 0.480 e. The summed E-state index contributed by atoms with van der Waals surface area (Å²) < 4.78 is 27.4. The third-order valence-corrected chi connectivity index (χ3v) is 7.34. The minimum Gasteiger partial charge on any atom is -0.480 e. The molecule has 0 saturated carbocycles. The highest BCUT2D eigenvalue weighted by molar-refractivity contribution is 5.73. The molecule has 0 aromatic carbocycles. The van der Waals surface area contributed by atoms with Gasteiger partial charge in [0.05, 0.1) is 37.9 Å². The number of ether oxygens (including phenoxy) is 5. The van der Waals surface area contributed by atoms with Crippen LogP contribution in [-0.2, 0) is 28.5 Å². The maximum atomic E-state index is 10.8. The summed E-state index contributed by atoms with van der Waals surface area (Å²) in [6.45, 7) is 1.55. The molecule has 0 aromatic rings. The molecule has 0 aliphatic carbocycles. The van der Waals surface area contributed by atoms with Gasteiger partial charge in [0.15, 0.2) is 18.9 Å². The summed E-state index contributed by atoms with van der Waals surface area (Å²) in [7, 11) is 0. The Morgan fingerprint density at radius 1 is 0.690 bits per heavy atom. The first-order valence-electron chi connectivity index (χ1n) is 13.4. The second-order valence-corrected chi connectivity index (χ2v) is 10.7. The lowest BCUT2D eigenvalue weighted by Gasteiger charge is -2.48. The van der Waals surface area contributed by atoms with Crippen molar-refractivity contribution in [3.8, 4) is 0 Å². The van der Waals surface area contributed by atoms with E-state index in [0.717, 1.165) is 0 Å². The van der Waals surface area contributed by atoms with Crippen LogP contribution in [0, 0.1) is 5.92 Å². The second-order valence-electron chi connectivity index (χ2n) is 10.7. The molecule has 0 radical (unpaired) electrons. The number of hydrogen-bond donors (Lipinski definition) is 13. The van der Waals surface area contributed by atoms with E-state index in [-0.39, 0.29) is 5.92 Å². The normalized spacial score (nSPS) is 45.2. The first kappa shape index (κ1) is 37.0. The number of hydrogen-bond acceptors (Lipinski definition) is 18. The molecule has 3 aliphatic heterocycles. The monoisotopic (exact) mass is 618 g/mol. The van der Waals surface area contributed by atoms with Gasteiger partial charge >= 0.3 is 5.97 Å². The van der Waals surface area contributed by atoms with Crippen LogP contribution in [0.25, 0.3) is 0 Å². The Hall–Kier alpha value is -1.21. The third kappa shape index (κ3) is 8.49. The molecule has 0 spiro atoms. The van der Waals surface area contributed by atoms with Crippen LogP contribution < -0.4 is 22.9 Å². The van der Waals surface area contributed by atoms with E-state index in [9.17, 15) is 45.6 Å². The molecular formula is C23H46N4O15. The Bertz CT molecular complexity index is 827. The maximum absolute atomic E-state index is 10.8. The highest BCUT2D eigenvalue weighted by Gasteiger charge is 2.52. The van der Waals surface area contributed by atoms with E-state index in [4.69, 9.17) is 51.7 Å². The highest BCUT2D eigenvalue weighted by atomic mass is 16.7. The summed E-state index contributed by atoms with van der Waals surface area (Å²) in [6, 6.07) is -4.59. The lowest BCUT2D eigenvalue weighted by atomic mass is 9.94. The SMILES string of the molecule is CC(C)C(N)C(=O)O.NC1C(O)O[C@H](CO)C(O[C@@H]2O[C@H](CO)C(O[C@@H]3O[C@H](CO)[C@@H](O)[C@H](O)[C@H]3N)[C@H](O)C2N)C1O. The van der Waals surface area contributed by atoms with Gasteiger partial charge in [-0.15, -0.1) is 0 Å². The van der Waals surface area contributed by atoms with Gasteiger partial charge < -0.3 is 92.6 Å². The topological polar surface area (TPSA) is 349 Å². The van der Waals surface area contributed by atoms with Gasteiger partial charge in [-0.1, -0.05) is 13.8 Å². The van der Waals surface area contributed by atoms with Crippen LogP contribution in [0.3, 0.4) is 0 Å². The van der Waals surface area contributed by atoms with Crippen molar-refractivity contribution in [3.05, 3.63) is 0 Å². The quantitative estimate of drug-likeness (QED) is 0.114. The average molecular weight is 619 g/mol. The zero-order valence-electron chi connectivity index (χ0n) is 23.2. The number of aliphatic hydroxyl groups is 8. The Kier molecular flexibility index (Phi) is 14.3. The number of nitrogens with two attached hydrogens (primary N) is 4. The summed E-state index contributed by atoms with van der Waals surface area (Å²) in [4.78, 5) is 10.0. The molecule has 3 rings (SSSR count). The standard InChI is InChI=1S/C18H35N3O13.C5H11NO2/c19-7-12(27)14(5(2-23)30-16(7)29)33-18-9(21)13(28)15(6(3-24)32-18)34-17-8(20)11(26)10(25)4(1-22)31-17;1-3(2)4(6)5(7)8/h4-18,22-29H,1-3,19-21H2;3-4H,6H2,1-2H3,(H,7,8)/t4-,5-,6-,7?,8-,9?,10-,11-,12?,13-,14?,15?,16?,17+,18+;/m1./s1. The average Bonchev–Trinajstić information content (AvgIpc) is 2.96. The second kappa shape index (κ2) is 16.2. The van der Waals surface area contributed by atoms with Crippen molar-refractivity contribution < 1.29 is 74.4 Å². The van der Waals surface area contributed by atoms with Crippen LogP contribution in [0.4, 0.5) is 0 Å². The Morgan fingerprint density at radius 3 is 1.50 bits per heavy atom. The van der Waals surface area contributed by atoms with Gasteiger partial charge in [0.1, 0.15) is 61.0 Å². The lowest BCUT2D eigenvalue weighted by molar-refractivity contribution is -0.348. The fraction of sp³-hybridized carbons (Fsp3) is 0.957. The van der Waals surface area contributed by atoms with Crippen LogP contribution >= 0.6 is 0 Å². The van der Waals surface area contributed by atoms with E-state index < -0.39 is 124 Å². The summed E-state index contributed by atoms with van der Waals surface area (Å²) in [5.41, 5.74) is 22.8. The van der Waals surface area contributed by atoms with Crippen molar-refractivity contribution in [1.29, 1.82) is 0 Å². The molecule has 3 heterocycles. The van der Waals surface area contributed by atoms with E-state index in [0.29, 0.717) is 0 Å². The molecule has 42 heavy (non-hydrogen) atoms. The van der Waals surface area contributed by atoms with Crippen LogP contribution in [0.5, 0.6) is 0 Å². The van der Waals surface area contributed by atoms with E-state index in [1.54, 1.807) is 13.8 Å². The predicted octanol–water partition coefficient (Wildman–Crippen LogP) is -7.62. The van der Waals surface area contributed by atoms with Crippen LogP contribution in [0.15, 0.2) is 0 Å². The summed E-state index contributed by atoms with van der Waals surface area (Å²) >= 11 is 0. The number of aliphatic hydroxyl groups excluding tert-OH is 8. The van der Waals surface area contributed by atoms with Crippen LogP contribution in [-0.4, -0.2) is 170 Å². The third-order valence-electron chi connectivity index (χ3n) is 7.34. The zero-order valence-corrected chi connectivity index (χ0v) is 23.2. The van der Waals surface area contributed by atoms with E-state index in [2.05, 4.69) is 0 Å². The predicted molar refractivity (Wildman–Crippen MR) is 138 cm³/mol. The maximum Gasteiger partial charge on any atom is 0.320 e. The first-order valence-corrected chi connectivity index (χ1v) is 13.4. The van der Waals surface area contributed by atoms with Crippen LogP contribution in [0.2, 0.25) is 0 Å². The van der Waals surface area contributed by atoms with Gasteiger partial charge in [0.25, 0.3) is 0 Å². The zero-order chi connectivity index (χ0) is 32.0. The lowest BCUT2D eigenvalue weighted by Crippen LogP contribution is -2.69. The van der Waals surface area contributed by atoms with Crippen molar-refractivity contribution in [1.82, 2.24) is 0 Å². The fourth-order valence-corrected chi connectivity index (χ4v) is 4.47. The Balaban J connectivity index is 0.000000675. The molecule has 248 valence electrons. The van der Waals surface area contributed by atoms with Gasteiger partial charge in [-0.25, -0.2) is 0 Å². The smallest absolute Gasteiger partial charge is 0.320 e. The molecule has 19 nitrogen and oxygen atoms in total. The number of carboxylic acids is 1. The van der Waals surface area contributed by atoms with Gasteiger partial charge in [-0.05, 0) is 5.92 Å². The molecule has 17 N–H and O–H groups in total. The van der Waals surface area contributed by atoms with Gasteiger partial charge in [0, 0.05) is 0 Å². The summed E-state index contributed by atoms with van der Waals surface area (Å²) in [5, 5.41) is 87.9. The summed E-state index contributed by atoms with van der Waals surface area (Å²) in [5.74, 6) is -0.910.